The van der Waals surface area contributed by atoms with Gasteiger partial charge in [0, 0.05) is 6.42 Å². The molecule has 0 saturated carbocycles. The minimum Gasteiger partial charge on any atom is -0.444 e. The van der Waals surface area contributed by atoms with Crippen LogP contribution in [0.15, 0.2) is 10.6 Å². The van der Waals surface area contributed by atoms with Gasteiger partial charge in [0.15, 0.2) is 0 Å². The Morgan fingerprint density at radius 1 is 1.44 bits per heavy atom. The molecule has 7 heteroatoms. The van der Waals surface area contributed by atoms with Gasteiger partial charge in [0.2, 0.25) is 5.89 Å². The molecule has 1 aliphatic rings. The van der Waals surface area contributed by atoms with Crippen LogP contribution >= 0.6 is 0 Å². The fraction of sp³-hybridized carbons (Fsp3) is 0.333. The molecule has 1 fully saturated rings. The molecule has 0 bridgehead atoms. The van der Waals surface area contributed by atoms with Crippen molar-refractivity contribution < 1.29 is 18.8 Å². The molecule has 1 aromatic heterocycles. The normalized spacial score (nSPS) is 15.8. The molecule has 2 rings (SSSR count). The first-order chi connectivity index (χ1) is 7.61. The van der Waals surface area contributed by atoms with Crippen molar-refractivity contribution in [3.8, 4) is 0 Å². The van der Waals surface area contributed by atoms with Crippen LogP contribution in [0.4, 0.5) is 4.79 Å². The topological polar surface area (TPSA) is 92.5 Å². The second-order valence-electron chi connectivity index (χ2n) is 3.22. The summed E-state index contributed by atoms with van der Waals surface area (Å²) in [5, 5.41) is 1.89. The van der Waals surface area contributed by atoms with Gasteiger partial charge in [-0.2, -0.15) is 0 Å². The fourth-order valence-electron chi connectivity index (χ4n) is 1.30. The Balaban J connectivity index is 2.12. The number of carbonyl (C=O) groups is 3. The van der Waals surface area contributed by atoms with Crippen LogP contribution in [-0.2, 0) is 22.6 Å². The largest absolute Gasteiger partial charge is 0.444 e. The quantitative estimate of drug-likeness (QED) is 0.566. The zero-order valence-corrected chi connectivity index (χ0v) is 8.52. The molecular formula is C9H9N3O4. The lowest BCUT2D eigenvalue weighted by Gasteiger charge is -2.07. The molecule has 1 aromatic rings. The molecular weight excluding hydrogens is 214 g/mol. The number of urea groups is 1. The highest BCUT2D eigenvalue weighted by Gasteiger charge is 2.37. The van der Waals surface area contributed by atoms with E-state index < -0.39 is 17.8 Å². The average Bonchev–Trinajstić information content (AvgIpc) is 2.80. The zero-order chi connectivity index (χ0) is 11.7. The van der Waals surface area contributed by atoms with Crippen LogP contribution in [0.3, 0.4) is 0 Å². The van der Waals surface area contributed by atoms with E-state index in [0.717, 1.165) is 4.90 Å². The Hall–Kier alpha value is -2.18. The Labute approximate surface area is 90.4 Å². The highest BCUT2D eigenvalue weighted by atomic mass is 16.4. The number of carbonyl (C=O) groups excluding carboxylic acids is 3. The maximum Gasteiger partial charge on any atom is 0.332 e. The van der Waals surface area contributed by atoms with Gasteiger partial charge in [-0.25, -0.2) is 14.7 Å². The SMILES string of the molecule is CCc1cnc(CN2C(=O)NC(=O)C2=O)o1. The van der Waals surface area contributed by atoms with Gasteiger partial charge in [-0.05, 0) is 0 Å². The minimum absolute atomic E-state index is 0.129. The van der Waals surface area contributed by atoms with E-state index in [2.05, 4.69) is 4.98 Å². The number of hydrogen-bond donors (Lipinski definition) is 1. The van der Waals surface area contributed by atoms with Crippen LogP contribution < -0.4 is 5.32 Å². The molecule has 1 aliphatic heterocycles. The van der Waals surface area contributed by atoms with Crippen LogP contribution in [0.25, 0.3) is 0 Å². The van der Waals surface area contributed by atoms with Gasteiger partial charge >= 0.3 is 17.8 Å². The number of hydrogen-bond acceptors (Lipinski definition) is 5. The van der Waals surface area contributed by atoms with Crippen molar-refractivity contribution in [2.24, 2.45) is 0 Å². The molecule has 16 heavy (non-hydrogen) atoms. The van der Waals surface area contributed by atoms with Crippen molar-refractivity contribution in [2.75, 3.05) is 0 Å². The van der Waals surface area contributed by atoms with E-state index in [4.69, 9.17) is 4.42 Å². The lowest BCUT2D eigenvalue weighted by atomic mass is 10.4. The summed E-state index contributed by atoms with van der Waals surface area (Å²) in [6.07, 6.45) is 2.20. The lowest BCUT2D eigenvalue weighted by Crippen LogP contribution is -2.30. The number of amides is 4. The van der Waals surface area contributed by atoms with E-state index in [9.17, 15) is 14.4 Å². The van der Waals surface area contributed by atoms with Gasteiger partial charge in [-0.3, -0.25) is 14.9 Å². The van der Waals surface area contributed by atoms with Crippen molar-refractivity contribution >= 4 is 17.8 Å². The van der Waals surface area contributed by atoms with Crippen molar-refractivity contribution in [3.05, 3.63) is 17.8 Å². The number of imide groups is 2. The highest BCUT2D eigenvalue weighted by Crippen LogP contribution is 2.10. The van der Waals surface area contributed by atoms with Crippen LogP contribution in [0.1, 0.15) is 18.6 Å². The first-order valence-corrected chi connectivity index (χ1v) is 4.72. The third kappa shape index (κ3) is 1.67. The van der Waals surface area contributed by atoms with Gasteiger partial charge < -0.3 is 4.42 Å². The van der Waals surface area contributed by atoms with E-state index in [1.54, 1.807) is 0 Å². The third-order valence-corrected chi connectivity index (χ3v) is 2.15. The van der Waals surface area contributed by atoms with Gasteiger partial charge in [0.25, 0.3) is 0 Å². The van der Waals surface area contributed by atoms with Crippen LogP contribution in [0, 0.1) is 0 Å². The van der Waals surface area contributed by atoms with Gasteiger partial charge in [-0.1, -0.05) is 6.92 Å². The van der Waals surface area contributed by atoms with Crippen molar-refractivity contribution in [3.63, 3.8) is 0 Å². The van der Waals surface area contributed by atoms with E-state index in [0.29, 0.717) is 12.2 Å². The number of nitrogens with zero attached hydrogens (tertiary/aromatic N) is 2. The summed E-state index contributed by atoms with van der Waals surface area (Å²) < 4.78 is 5.23. The molecule has 1 N–H and O–H groups in total. The van der Waals surface area contributed by atoms with Crippen molar-refractivity contribution in [1.29, 1.82) is 0 Å². The van der Waals surface area contributed by atoms with Gasteiger partial charge in [0.1, 0.15) is 12.3 Å². The van der Waals surface area contributed by atoms with Crippen LogP contribution in [-0.4, -0.2) is 27.7 Å². The Morgan fingerprint density at radius 2 is 2.19 bits per heavy atom. The molecule has 0 unspecified atom stereocenters. The number of aryl methyl sites for hydroxylation is 1. The summed E-state index contributed by atoms with van der Waals surface area (Å²) in [5.41, 5.74) is 0. The summed E-state index contributed by atoms with van der Waals surface area (Å²) >= 11 is 0. The number of rotatable bonds is 3. The number of aromatic nitrogens is 1. The monoisotopic (exact) mass is 223 g/mol. The molecule has 2 heterocycles. The molecule has 0 spiro atoms. The Morgan fingerprint density at radius 3 is 2.69 bits per heavy atom. The van der Waals surface area contributed by atoms with Crippen LogP contribution in [0.2, 0.25) is 0 Å². The third-order valence-electron chi connectivity index (χ3n) is 2.15. The average molecular weight is 223 g/mol. The van der Waals surface area contributed by atoms with Gasteiger partial charge in [0.05, 0.1) is 6.20 Å². The predicted molar refractivity (Wildman–Crippen MR) is 50.0 cm³/mol. The molecule has 84 valence electrons. The second kappa shape index (κ2) is 3.76. The van der Waals surface area contributed by atoms with E-state index in [-0.39, 0.29) is 12.4 Å². The van der Waals surface area contributed by atoms with Crippen molar-refractivity contribution in [1.82, 2.24) is 15.2 Å². The Kier molecular flexibility index (Phi) is 2.43. The van der Waals surface area contributed by atoms with Crippen molar-refractivity contribution in [2.45, 2.75) is 19.9 Å². The summed E-state index contributed by atoms with van der Waals surface area (Å²) in [5.74, 6) is -0.919. The first kappa shape index (κ1) is 10.3. The van der Waals surface area contributed by atoms with E-state index in [1.807, 2.05) is 12.2 Å². The molecule has 4 amide bonds. The standard InChI is InChI=1S/C9H9N3O4/c1-2-5-3-10-6(16-5)4-12-8(14)7(13)11-9(12)15/h3H,2,4H2,1H3,(H,11,13,15). The predicted octanol–water partition coefficient (Wildman–Crippen LogP) is -0.185. The van der Waals surface area contributed by atoms with Gasteiger partial charge in [-0.15, -0.1) is 0 Å². The molecule has 0 radical (unpaired) electrons. The summed E-state index contributed by atoms with van der Waals surface area (Å²) in [6.45, 7) is 1.76. The number of nitrogens with one attached hydrogen (secondary N) is 1. The maximum absolute atomic E-state index is 11.2. The fourth-order valence-corrected chi connectivity index (χ4v) is 1.30. The molecule has 0 aliphatic carbocycles. The minimum atomic E-state index is -0.924. The Bertz CT molecular complexity index is 465. The first-order valence-electron chi connectivity index (χ1n) is 4.72. The molecule has 0 aromatic carbocycles. The zero-order valence-electron chi connectivity index (χ0n) is 8.52. The molecule has 7 nitrogen and oxygen atoms in total. The van der Waals surface area contributed by atoms with E-state index in [1.165, 1.54) is 6.20 Å². The highest BCUT2D eigenvalue weighted by molar-refractivity contribution is 6.44. The second-order valence-corrected chi connectivity index (χ2v) is 3.22. The lowest BCUT2D eigenvalue weighted by molar-refractivity contribution is -0.140. The molecule has 0 atom stereocenters. The van der Waals surface area contributed by atoms with Crippen LogP contribution in [0.5, 0.6) is 0 Å². The maximum atomic E-state index is 11.2. The summed E-state index contributed by atoms with van der Waals surface area (Å²) in [4.78, 5) is 37.9. The molecule has 1 saturated heterocycles. The summed E-state index contributed by atoms with van der Waals surface area (Å²) in [7, 11) is 0. The number of oxazole rings is 1. The summed E-state index contributed by atoms with van der Waals surface area (Å²) in [6, 6.07) is -0.744. The smallest absolute Gasteiger partial charge is 0.332 e. The van der Waals surface area contributed by atoms with E-state index >= 15 is 0 Å².